The fourth-order valence-corrected chi connectivity index (χ4v) is 4.44. The summed E-state index contributed by atoms with van der Waals surface area (Å²) in [6.07, 6.45) is 2.77. The lowest BCUT2D eigenvalue weighted by Gasteiger charge is -2.30. The van der Waals surface area contributed by atoms with Gasteiger partial charge in [0, 0.05) is 49.8 Å². The standard InChI is InChI=1S/C26H29ClN4O3/c1-17(2)30(3)23-16-20(9-8-18(23)12-15-32)24-28-25(34-29-24)19-10-13-31(14-11-19)26(33)21-6-4-5-7-22(21)27/h4-9,15-17,19H,10-14H2,1-3H3. The first-order valence-electron chi connectivity index (χ1n) is 11.6. The topological polar surface area (TPSA) is 79.5 Å². The Labute approximate surface area is 204 Å². The maximum Gasteiger partial charge on any atom is 0.255 e. The Hall–Kier alpha value is -3.19. The first-order valence-corrected chi connectivity index (χ1v) is 11.9. The molecular formula is C26H29ClN4O3. The lowest BCUT2D eigenvalue weighted by Crippen LogP contribution is -2.38. The minimum Gasteiger partial charge on any atom is -0.372 e. The molecule has 7 nitrogen and oxygen atoms in total. The summed E-state index contributed by atoms with van der Waals surface area (Å²) in [6, 6.07) is 13.3. The predicted octanol–water partition coefficient (Wildman–Crippen LogP) is 5.00. The molecule has 0 saturated carbocycles. The summed E-state index contributed by atoms with van der Waals surface area (Å²) in [5, 5.41) is 4.69. The average molecular weight is 481 g/mol. The van der Waals surface area contributed by atoms with Gasteiger partial charge in [-0.3, -0.25) is 4.79 Å². The van der Waals surface area contributed by atoms with Crippen LogP contribution in [0.25, 0.3) is 11.4 Å². The van der Waals surface area contributed by atoms with E-state index >= 15 is 0 Å². The van der Waals surface area contributed by atoms with Gasteiger partial charge in [0.05, 0.1) is 10.6 Å². The molecule has 4 rings (SSSR count). The summed E-state index contributed by atoms with van der Waals surface area (Å²) in [5.74, 6) is 1.17. The molecule has 0 atom stereocenters. The van der Waals surface area contributed by atoms with Gasteiger partial charge in [-0.05, 0) is 50.5 Å². The highest BCUT2D eigenvalue weighted by Gasteiger charge is 2.29. The summed E-state index contributed by atoms with van der Waals surface area (Å²) in [5.41, 5.74) is 3.33. The Morgan fingerprint density at radius 3 is 2.65 bits per heavy atom. The molecule has 2 aromatic carbocycles. The smallest absolute Gasteiger partial charge is 0.255 e. The van der Waals surface area contributed by atoms with E-state index in [1.807, 2.05) is 42.3 Å². The van der Waals surface area contributed by atoms with Crippen molar-refractivity contribution in [2.24, 2.45) is 0 Å². The third-order valence-electron chi connectivity index (χ3n) is 6.48. The number of likely N-dealkylation sites (tertiary alicyclic amines) is 1. The van der Waals surface area contributed by atoms with Crippen molar-refractivity contribution in [3.05, 3.63) is 64.5 Å². The molecular weight excluding hydrogens is 452 g/mol. The van der Waals surface area contributed by atoms with Crippen LogP contribution in [0, 0.1) is 0 Å². The molecule has 0 radical (unpaired) electrons. The van der Waals surface area contributed by atoms with Gasteiger partial charge in [0.15, 0.2) is 0 Å². The molecule has 0 bridgehead atoms. The second-order valence-electron chi connectivity index (χ2n) is 8.92. The molecule has 1 saturated heterocycles. The molecule has 0 N–H and O–H groups in total. The fraction of sp³-hybridized carbons (Fsp3) is 0.385. The van der Waals surface area contributed by atoms with Crippen LogP contribution in [0.1, 0.15) is 54.4 Å². The van der Waals surface area contributed by atoms with E-state index < -0.39 is 0 Å². The van der Waals surface area contributed by atoms with E-state index in [1.165, 1.54) is 0 Å². The number of carbonyl (C=O) groups is 2. The van der Waals surface area contributed by atoms with Crippen molar-refractivity contribution in [3.8, 4) is 11.4 Å². The van der Waals surface area contributed by atoms with Crippen molar-refractivity contribution in [3.63, 3.8) is 0 Å². The number of amides is 1. The molecule has 1 fully saturated rings. The summed E-state index contributed by atoms with van der Waals surface area (Å²) >= 11 is 6.20. The molecule has 8 heteroatoms. The summed E-state index contributed by atoms with van der Waals surface area (Å²) < 4.78 is 5.63. The van der Waals surface area contributed by atoms with E-state index in [0.29, 0.717) is 41.8 Å². The molecule has 1 amide bonds. The molecule has 2 heterocycles. The van der Waals surface area contributed by atoms with E-state index in [9.17, 15) is 9.59 Å². The summed E-state index contributed by atoms with van der Waals surface area (Å²) in [6.45, 7) is 5.42. The van der Waals surface area contributed by atoms with Crippen LogP contribution in [0.3, 0.4) is 0 Å². The highest BCUT2D eigenvalue weighted by molar-refractivity contribution is 6.33. The van der Waals surface area contributed by atoms with Gasteiger partial charge in [0.1, 0.15) is 6.29 Å². The number of carbonyl (C=O) groups excluding carboxylic acids is 2. The van der Waals surface area contributed by atoms with Crippen LogP contribution >= 0.6 is 11.6 Å². The van der Waals surface area contributed by atoms with Crippen molar-refractivity contribution in [2.45, 2.75) is 45.1 Å². The number of anilines is 1. The van der Waals surface area contributed by atoms with Gasteiger partial charge < -0.3 is 19.1 Å². The molecule has 34 heavy (non-hydrogen) atoms. The second-order valence-corrected chi connectivity index (χ2v) is 9.33. The van der Waals surface area contributed by atoms with Crippen molar-refractivity contribution in [1.82, 2.24) is 15.0 Å². The van der Waals surface area contributed by atoms with Gasteiger partial charge in [-0.2, -0.15) is 4.98 Å². The number of hydrogen-bond donors (Lipinski definition) is 0. The first-order chi connectivity index (χ1) is 16.4. The zero-order valence-electron chi connectivity index (χ0n) is 19.7. The van der Waals surface area contributed by atoms with Crippen LogP contribution in [0.4, 0.5) is 5.69 Å². The summed E-state index contributed by atoms with van der Waals surface area (Å²) in [4.78, 5) is 32.6. The van der Waals surface area contributed by atoms with Crippen molar-refractivity contribution in [2.75, 3.05) is 25.0 Å². The predicted molar refractivity (Wildman–Crippen MR) is 132 cm³/mol. The van der Waals surface area contributed by atoms with Crippen molar-refractivity contribution in [1.29, 1.82) is 0 Å². The van der Waals surface area contributed by atoms with Crippen LogP contribution in [0.5, 0.6) is 0 Å². The second kappa shape index (κ2) is 10.4. The Kier molecular flexibility index (Phi) is 7.32. The average Bonchev–Trinajstić information content (AvgIpc) is 3.34. The number of piperidine rings is 1. The zero-order chi connectivity index (χ0) is 24.2. The molecule has 0 unspecified atom stereocenters. The van der Waals surface area contributed by atoms with Gasteiger partial charge in [-0.1, -0.05) is 41.0 Å². The minimum atomic E-state index is -0.0486. The van der Waals surface area contributed by atoms with E-state index in [1.54, 1.807) is 12.1 Å². The van der Waals surface area contributed by atoms with Crippen LogP contribution in [-0.2, 0) is 11.2 Å². The van der Waals surface area contributed by atoms with Crippen molar-refractivity contribution >= 4 is 29.5 Å². The van der Waals surface area contributed by atoms with Crippen molar-refractivity contribution < 1.29 is 14.1 Å². The fourth-order valence-electron chi connectivity index (χ4n) is 4.22. The van der Waals surface area contributed by atoms with Gasteiger partial charge in [-0.15, -0.1) is 0 Å². The quantitative estimate of drug-likeness (QED) is 0.443. The Morgan fingerprint density at radius 2 is 1.97 bits per heavy atom. The third-order valence-corrected chi connectivity index (χ3v) is 6.81. The molecule has 0 spiro atoms. The van der Waals surface area contributed by atoms with Crippen LogP contribution in [-0.4, -0.2) is 53.4 Å². The lowest BCUT2D eigenvalue weighted by molar-refractivity contribution is -0.107. The number of halogens is 1. The van der Waals surface area contributed by atoms with E-state index in [2.05, 4.69) is 28.9 Å². The molecule has 1 aliphatic rings. The maximum absolute atomic E-state index is 12.8. The SMILES string of the molecule is CC(C)N(C)c1cc(-c2noc(C3CCN(C(=O)c4ccccc4Cl)CC3)n2)ccc1CC=O. The number of rotatable bonds is 7. The highest BCUT2D eigenvalue weighted by atomic mass is 35.5. The zero-order valence-corrected chi connectivity index (χ0v) is 20.5. The lowest BCUT2D eigenvalue weighted by atomic mass is 9.96. The largest absolute Gasteiger partial charge is 0.372 e. The summed E-state index contributed by atoms with van der Waals surface area (Å²) in [7, 11) is 2.01. The monoisotopic (exact) mass is 480 g/mol. The Bertz CT molecular complexity index is 1170. The molecule has 1 aromatic heterocycles. The first kappa shape index (κ1) is 24.0. The number of aromatic nitrogens is 2. The van der Waals surface area contributed by atoms with Gasteiger partial charge in [0.2, 0.25) is 11.7 Å². The van der Waals surface area contributed by atoms with Gasteiger partial charge in [-0.25, -0.2) is 0 Å². The molecule has 178 valence electrons. The third kappa shape index (κ3) is 4.99. The number of aldehydes is 1. The van der Waals surface area contributed by atoms with Crippen LogP contribution in [0.2, 0.25) is 5.02 Å². The number of nitrogens with zero attached hydrogens (tertiary/aromatic N) is 4. The van der Waals surface area contributed by atoms with E-state index in [-0.39, 0.29) is 17.9 Å². The Balaban J connectivity index is 1.47. The molecule has 0 aliphatic carbocycles. The molecule has 1 aliphatic heterocycles. The van der Waals surface area contributed by atoms with Gasteiger partial charge in [0.25, 0.3) is 5.91 Å². The number of benzene rings is 2. The minimum absolute atomic E-state index is 0.0486. The number of hydrogen-bond acceptors (Lipinski definition) is 6. The van der Waals surface area contributed by atoms with Crippen LogP contribution in [0.15, 0.2) is 47.0 Å². The molecule has 3 aromatic rings. The van der Waals surface area contributed by atoms with E-state index in [0.717, 1.165) is 35.9 Å². The highest BCUT2D eigenvalue weighted by Crippen LogP contribution is 2.32. The maximum atomic E-state index is 12.8. The van der Waals surface area contributed by atoms with Gasteiger partial charge >= 0.3 is 0 Å². The normalized spacial score (nSPS) is 14.4. The van der Waals surface area contributed by atoms with Crippen LogP contribution < -0.4 is 4.90 Å². The van der Waals surface area contributed by atoms with E-state index in [4.69, 9.17) is 16.1 Å². The Morgan fingerprint density at radius 1 is 1.24 bits per heavy atom.